The van der Waals surface area contributed by atoms with Gasteiger partial charge in [0.05, 0.1) is 12.3 Å². The molecule has 1 atom stereocenters. The van der Waals surface area contributed by atoms with Crippen LogP contribution in [0, 0.1) is 11.3 Å². The lowest BCUT2D eigenvalue weighted by Gasteiger charge is -2.40. The Labute approximate surface area is 83.1 Å². The van der Waals surface area contributed by atoms with Crippen LogP contribution in [0.5, 0.6) is 0 Å². The van der Waals surface area contributed by atoms with Crippen molar-refractivity contribution in [2.24, 2.45) is 0 Å². The van der Waals surface area contributed by atoms with Gasteiger partial charge < -0.3 is 9.73 Å². The molecule has 0 unspecified atom stereocenters. The van der Waals surface area contributed by atoms with E-state index in [1.165, 1.54) is 0 Å². The number of rotatable bonds is 3. The van der Waals surface area contributed by atoms with Crippen molar-refractivity contribution < 1.29 is 4.42 Å². The lowest BCUT2D eigenvalue weighted by molar-refractivity contribution is 0.0940. The number of hydrogen-bond donors (Lipinski definition) is 1. The van der Waals surface area contributed by atoms with Gasteiger partial charge in [-0.2, -0.15) is 5.26 Å². The molecule has 0 aliphatic carbocycles. The summed E-state index contributed by atoms with van der Waals surface area (Å²) in [7, 11) is 1.94. The summed E-state index contributed by atoms with van der Waals surface area (Å²) < 4.78 is 5.23. The summed E-state index contributed by atoms with van der Waals surface area (Å²) in [4.78, 5) is 2.10. The molecule has 1 N–H and O–H groups in total. The quantitative estimate of drug-likeness (QED) is 0.766. The molecular weight excluding hydrogens is 178 g/mol. The summed E-state index contributed by atoms with van der Waals surface area (Å²) in [5.74, 6) is 0.738. The van der Waals surface area contributed by atoms with Gasteiger partial charge in [0.25, 0.3) is 0 Å². The minimum absolute atomic E-state index is 0.227. The number of nitrogens with zero attached hydrogens (tertiary/aromatic N) is 2. The van der Waals surface area contributed by atoms with Crippen LogP contribution in [0.3, 0.4) is 0 Å². The molecule has 4 heteroatoms. The molecule has 1 aliphatic heterocycles. The van der Waals surface area contributed by atoms with Crippen molar-refractivity contribution >= 4 is 0 Å². The summed E-state index contributed by atoms with van der Waals surface area (Å²) in [6.07, 6.45) is 1.61. The van der Waals surface area contributed by atoms with Gasteiger partial charge in [-0.3, -0.25) is 4.90 Å². The van der Waals surface area contributed by atoms with Crippen LogP contribution in [0.25, 0.3) is 0 Å². The van der Waals surface area contributed by atoms with Crippen LogP contribution in [0.15, 0.2) is 22.8 Å². The molecule has 0 aromatic carbocycles. The smallest absolute Gasteiger partial charge is 0.156 e. The number of hydrogen-bond acceptors (Lipinski definition) is 4. The van der Waals surface area contributed by atoms with Crippen LogP contribution in [-0.4, -0.2) is 31.1 Å². The van der Waals surface area contributed by atoms with Crippen molar-refractivity contribution in [2.75, 3.05) is 20.1 Å². The van der Waals surface area contributed by atoms with Gasteiger partial charge in [-0.15, -0.1) is 0 Å². The molecule has 0 saturated carbocycles. The molecule has 4 nitrogen and oxygen atoms in total. The van der Waals surface area contributed by atoms with Crippen molar-refractivity contribution in [1.29, 1.82) is 5.26 Å². The minimum atomic E-state index is -0.227. The average molecular weight is 191 g/mol. The maximum atomic E-state index is 9.02. The minimum Gasteiger partial charge on any atom is -0.467 e. The highest BCUT2D eigenvalue weighted by Crippen LogP contribution is 2.25. The third-order valence-electron chi connectivity index (χ3n) is 2.62. The third-order valence-corrected chi connectivity index (χ3v) is 2.62. The molecule has 74 valence electrons. The predicted molar refractivity (Wildman–Crippen MR) is 51.5 cm³/mol. The molecular formula is C10H13N3O. The van der Waals surface area contributed by atoms with Gasteiger partial charge in [-0.25, -0.2) is 0 Å². The van der Waals surface area contributed by atoms with E-state index < -0.39 is 0 Å². The lowest BCUT2D eigenvalue weighted by Crippen LogP contribution is -2.57. The summed E-state index contributed by atoms with van der Waals surface area (Å²) >= 11 is 0. The van der Waals surface area contributed by atoms with Crippen molar-refractivity contribution in [1.82, 2.24) is 10.2 Å². The maximum absolute atomic E-state index is 9.02. The molecule has 1 aromatic rings. The number of likely N-dealkylation sites (N-methyl/N-ethyl adjacent to an activating group) is 1. The first-order valence-electron chi connectivity index (χ1n) is 4.69. The van der Waals surface area contributed by atoms with Gasteiger partial charge in [0.1, 0.15) is 5.76 Å². The standard InChI is InChI=1S/C10H13N3O/c1-12-8-6-13(7-8)9(5-11)10-3-2-4-14-10/h2-4,8-9,12H,6-7H2,1H3/t9-/m1/s1. The van der Waals surface area contributed by atoms with E-state index in [0.717, 1.165) is 18.8 Å². The molecule has 2 rings (SSSR count). The zero-order chi connectivity index (χ0) is 9.97. The summed E-state index contributed by atoms with van der Waals surface area (Å²) in [5, 5.41) is 12.2. The van der Waals surface area contributed by atoms with E-state index in [4.69, 9.17) is 9.68 Å². The van der Waals surface area contributed by atoms with Crippen molar-refractivity contribution in [3.05, 3.63) is 24.2 Å². The number of nitrogens with one attached hydrogen (secondary N) is 1. The Bertz CT molecular complexity index is 322. The Balaban J connectivity index is 2.00. The number of likely N-dealkylation sites (tertiary alicyclic amines) is 1. The zero-order valence-corrected chi connectivity index (χ0v) is 8.10. The predicted octanol–water partition coefficient (Wildman–Crippen LogP) is 0.748. The monoisotopic (exact) mass is 191 g/mol. The second kappa shape index (κ2) is 3.82. The van der Waals surface area contributed by atoms with E-state index in [2.05, 4.69) is 16.3 Å². The van der Waals surface area contributed by atoms with E-state index in [0.29, 0.717) is 6.04 Å². The highest BCUT2D eigenvalue weighted by Gasteiger charge is 2.33. The van der Waals surface area contributed by atoms with Crippen LogP contribution >= 0.6 is 0 Å². The van der Waals surface area contributed by atoms with E-state index in [-0.39, 0.29) is 6.04 Å². The van der Waals surface area contributed by atoms with Crippen molar-refractivity contribution in [2.45, 2.75) is 12.1 Å². The molecule has 1 aliphatic rings. The highest BCUT2D eigenvalue weighted by molar-refractivity contribution is 5.14. The Hall–Kier alpha value is -1.31. The average Bonchev–Trinajstić information content (AvgIpc) is 2.62. The Morgan fingerprint density at radius 2 is 2.50 bits per heavy atom. The van der Waals surface area contributed by atoms with Gasteiger partial charge in [0.15, 0.2) is 6.04 Å². The molecule has 0 amide bonds. The fourth-order valence-electron chi connectivity index (χ4n) is 1.68. The molecule has 0 spiro atoms. The fourth-order valence-corrected chi connectivity index (χ4v) is 1.68. The van der Waals surface area contributed by atoms with E-state index in [9.17, 15) is 0 Å². The largest absolute Gasteiger partial charge is 0.467 e. The van der Waals surface area contributed by atoms with Crippen LogP contribution in [0.2, 0.25) is 0 Å². The van der Waals surface area contributed by atoms with E-state index in [1.54, 1.807) is 6.26 Å². The maximum Gasteiger partial charge on any atom is 0.156 e. The SMILES string of the molecule is CNC1CN([C@H](C#N)c2ccco2)C1. The Morgan fingerprint density at radius 1 is 1.71 bits per heavy atom. The van der Waals surface area contributed by atoms with E-state index in [1.807, 2.05) is 19.2 Å². The van der Waals surface area contributed by atoms with Crippen molar-refractivity contribution in [3.8, 4) is 6.07 Å². The second-order valence-corrected chi connectivity index (χ2v) is 3.49. The van der Waals surface area contributed by atoms with Gasteiger partial charge >= 0.3 is 0 Å². The van der Waals surface area contributed by atoms with Crippen molar-refractivity contribution in [3.63, 3.8) is 0 Å². The molecule has 1 fully saturated rings. The van der Waals surface area contributed by atoms with Crippen LogP contribution in [0.1, 0.15) is 11.8 Å². The Kier molecular flexibility index (Phi) is 2.53. The fraction of sp³-hybridized carbons (Fsp3) is 0.500. The highest BCUT2D eigenvalue weighted by atomic mass is 16.3. The van der Waals surface area contributed by atoms with Gasteiger partial charge in [-0.1, -0.05) is 0 Å². The van der Waals surface area contributed by atoms with Gasteiger partial charge in [0.2, 0.25) is 0 Å². The zero-order valence-electron chi connectivity index (χ0n) is 8.10. The summed E-state index contributed by atoms with van der Waals surface area (Å²) in [6, 6.07) is 6.21. The van der Waals surface area contributed by atoms with Gasteiger partial charge in [-0.05, 0) is 19.2 Å². The first-order chi connectivity index (χ1) is 6.85. The lowest BCUT2D eigenvalue weighted by atomic mass is 10.0. The molecule has 2 heterocycles. The third kappa shape index (κ3) is 1.52. The normalized spacial score (nSPS) is 20.0. The molecule has 1 saturated heterocycles. The summed E-state index contributed by atoms with van der Waals surface area (Å²) in [5.41, 5.74) is 0. The second-order valence-electron chi connectivity index (χ2n) is 3.49. The topological polar surface area (TPSA) is 52.2 Å². The Morgan fingerprint density at radius 3 is 3.00 bits per heavy atom. The summed E-state index contributed by atoms with van der Waals surface area (Å²) in [6.45, 7) is 1.82. The first-order valence-corrected chi connectivity index (χ1v) is 4.69. The van der Waals surface area contributed by atoms with Crippen LogP contribution in [-0.2, 0) is 0 Å². The van der Waals surface area contributed by atoms with E-state index >= 15 is 0 Å². The molecule has 1 aromatic heterocycles. The molecule has 0 bridgehead atoms. The molecule has 14 heavy (non-hydrogen) atoms. The van der Waals surface area contributed by atoms with Gasteiger partial charge in [0, 0.05) is 19.1 Å². The molecule has 0 radical (unpaired) electrons. The number of furan rings is 1. The van der Waals surface area contributed by atoms with Crippen LogP contribution in [0.4, 0.5) is 0 Å². The first kappa shape index (κ1) is 9.25. The number of nitriles is 1. The van der Waals surface area contributed by atoms with Crippen LogP contribution < -0.4 is 5.32 Å².